The predicted octanol–water partition coefficient (Wildman–Crippen LogP) is 3.45. The molecule has 6 nitrogen and oxygen atoms in total. The lowest BCUT2D eigenvalue weighted by atomic mass is 10.1. The van der Waals surface area contributed by atoms with E-state index in [1.807, 2.05) is 0 Å². The monoisotopic (exact) mass is 387 g/mol. The van der Waals surface area contributed by atoms with E-state index in [9.17, 15) is 8.42 Å². The van der Waals surface area contributed by atoms with Gasteiger partial charge in [-0.25, -0.2) is 8.42 Å². The minimum Gasteiger partial charge on any atom is -0.339 e. The topological polar surface area (TPSA) is 76.3 Å². The SMILES string of the molecule is O=S(=O)(c1ccc(Cl)s1)N1CCCC1CCc1noc(C2CC2)n1. The van der Waals surface area contributed by atoms with Gasteiger partial charge in [-0.15, -0.1) is 11.3 Å². The number of aromatic nitrogens is 2. The van der Waals surface area contributed by atoms with Crippen LogP contribution in [0.3, 0.4) is 0 Å². The summed E-state index contributed by atoms with van der Waals surface area (Å²) in [5.41, 5.74) is 0. The molecule has 1 aliphatic carbocycles. The minimum absolute atomic E-state index is 0.0150. The standard InChI is InChI=1S/C15H18ClN3O3S2/c16-12-6-8-14(23-12)24(20,21)19-9-1-2-11(19)5-7-13-17-15(22-18-13)10-3-4-10/h6,8,10-11H,1-5,7,9H2. The van der Waals surface area contributed by atoms with Crippen LogP contribution in [0.4, 0.5) is 0 Å². The summed E-state index contributed by atoms with van der Waals surface area (Å²) in [7, 11) is -3.47. The van der Waals surface area contributed by atoms with Crippen molar-refractivity contribution in [2.24, 2.45) is 0 Å². The summed E-state index contributed by atoms with van der Waals surface area (Å²) in [5.74, 6) is 1.85. The number of hydrogen-bond acceptors (Lipinski definition) is 6. The minimum atomic E-state index is -3.47. The van der Waals surface area contributed by atoms with Crippen molar-refractivity contribution in [1.29, 1.82) is 0 Å². The van der Waals surface area contributed by atoms with E-state index in [2.05, 4.69) is 10.1 Å². The van der Waals surface area contributed by atoms with Crippen LogP contribution in [0.25, 0.3) is 0 Å². The second kappa shape index (κ2) is 6.40. The van der Waals surface area contributed by atoms with Gasteiger partial charge in [-0.1, -0.05) is 16.8 Å². The molecular weight excluding hydrogens is 370 g/mol. The Morgan fingerprint density at radius 2 is 2.17 bits per heavy atom. The van der Waals surface area contributed by atoms with Crippen molar-refractivity contribution in [1.82, 2.24) is 14.4 Å². The molecule has 4 rings (SSSR count). The first-order valence-corrected chi connectivity index (χ1v) is 10.8. The molecule has 2 fully saturated rings. The molecule has 2 aromatic rings. The average molecular weight is 388 g/mol. The highest BCUT2D eigenvalue weighted by atomic mass is 35.5. The lowest BCUT2D eigenvalue weighted by molar-refractivity contribution is 0.358. The van der Waals surface area contributed by atoms with Crippen LogP contribution in [0.5, 0.6) is 0 Å². The molecule has 0 radical (unpaired) electrons. The first-order valence-electron chi connectivity index (χ1n) is 8.14. The second-order valence-corrected chi connectivity index (χ2v) is 10.2. The van der Waals surface area contributed by atoms with Crippen LogP contribution in [0.15, 0.2) is 20.9 Å². The molecule has 0 bridgehead atoms. The van der Waals surface area contributed by atoms with Gasteiger partial charge in [-0.3, -0.25) is 0 Å². The Balaban J connectivity index is 1.44. The second-order valence-electron chi connectivity index (χ2n) is 6.33. The van der Waals surface area contributed by atoms with Crippen LogP contribution in [0.2, 0.25) is 4.34 Å². The summed E-state index contributed by atoms with van der Waals surface area (Å²) < 4.78 is 33.3. The maximum absolute atomic E-state index is 12.8. The van der Waals surface area contributed by atoms with E-state index in [-0.39, 0.29) is 6.04 Å². The van der Waals surface area contributed by atoms with Crippen molar-refractivity contribution in [3.05, 3.63) is 28.2 Å². The van der Waals surface area contributed by atoms with Crippen molar-refractivity contribution in [3.63, 3.8) is 0 Å². The molecule has 9 heteroatoms. The molecular formula is C15H18ClN3O3S2. The Morgan fingerprint density at radius 1 is 1.33 bits per heavy atom. The molecule has 2 aromatic heterocycles. The highest BCUT2D eigenvalue weighted by molar-refractivity contribution is 7.91. The van der Waals surface area contributed by atoms with Crippen LogP contribution >= 0.6 is 22.9 Å². The zero-order chi connectivity index (χ0) is 16.7. The number of sulfonamides is 1. The average Bonchev–Trinajstić information content (AvgIpc) is 2.97. The van der Waals surface area contributed by atoms with Gasteiger partial charge in [0.1, 0.15) is 4.21 Å². The maximum Gasteiger partial charge on any atom is 0.252 e. The van der Waals surface area contributed by atoms with Gasteiger partial charge >= 0.3 is 0 Å². The zero-order valence-electron chi connectivity index (χ0n) is 13.0. The first kappa shape index (κ1) is 16.5. The third-order valence-corrected chi connectivity index (χ3v) is 8.20. The van der Waals surface area contributed by atoms with Crippen LogP contribution < -0.4 is 0 Å². The summed E-state index contributed by atoms with van der Waals surface area (Å²) in [6, 6.07) is 3.19. The predicted molar refractivity (Wildman–Crippen MR) is 90.8 cm³/mol. The van der Waals surface area contributed by atoms with E-state index < -0.39 is 10.0 Å². The third kappa shape index (κ3) is 3.24. The van der Waals surface area contributed by atoms with Crippen LogP contribution in [-0.4, -0.2) is 35.5 Å². The van der Waals surface area contributed by atoms with E-state index >= 15 is 0 Å². The highest BCUT2D eigenvalue weighted by Gasteiger charge is 2.36. The molecule has 1 saturated carbocycles. The van der Waals surface area contributed by atoms with Crippen molar-refractivity contribution >= 4 is 33.0 Å². The molecule has 2 aliphatic rings. The molecule has 0 amide bonds. The molecule has 1 atom stereocenters. The number of nitrogens with zero attached hydrogens (tertiary/aromatic N) is 3. The van der Waals surface area contributed by atoms with Gasteiger partial charge in [0.25, 0.3) is 10.0 Å². The van der Waals surface area contributed by atoms with Crippen LogP contribution in [-0.2, 0) is 16.4 Å². The first-order chi connectivity index (χ1) is 11.5. The van der Waals surface area contributed by atoms with E-state index in [0.717, 1.165) is 42.9 Å². The summed E-state index contributed by atoms with van der Waals surface area (Å²) in [5, 5.41) is 4.02. The zero-order valence-corrected chi connectivity index (χ0v) is 15.4. The van der Waals surface area contributed by atoms with E-state index in [0.29, 0.717) is 39.7 Å². The maximum atomic E-state index is 12.8. The summed E-state index contributed by atoms with van der Waals surface area (Å²) >= 11 is 7.00. The number of rotatable bonds is 6. The van der Waals surface area contributed by atoms with Crippen molar-refractivity contribution in [2.75, 3.05) is 6.54 Å². The van der Waals surface area contributed by atoms with E-state index in [1.54, 1.807) is 16.4 Å². The van der Waals surface area contributed by atoms with Crippen molar-refractivity contribution < 1.29 is 12.9 Å². The fraction of sp³-hybridized carbons (Fsp3) is 0.600. The fourth-order valence-electron chi connectivity index (χ4n) is 3.13. The third-order valence-electron chi connectivity index (χ3n) is 4.55. The molecule has 0 aromatic carbocycles. The molecule has 0 spiro atoms. The molecule has 24 heavy (non-hydrogen) atoms. The van der Waals surface area contributed by atoms with Crippen molar-refractivity contribution in [3.8, 4) is 0 Å². The van der Waals surface area contributed by atoms with Gasteiger partial charge in [0, 0.05) is 24.9 Å². The summed E-state index contributed by atoms with van der Waals surface area (Å²) in [4.78, 5) is 4.42. The highest BCUT2D eigenvalue weighted by Crippen LogP contribution is 2.39. The van der Waals surface area contributed by atoms with E-state index in [4.69, 9.17) is 16.1 Å². The summed E-state index contributed by atoms with van der Waals surface area (Å²) in [6.07, 6.45) is 5.34. The molecule has 3 heterocycles. The molecule has 0 N–H and O–H groups in total. The van der Waals surface area contributed by atoms with Gasteiger partial charge < -0.3 is 4.52 Å². The number of hydrogen-bond donors (Lipinski definition) is 0. The molecule has 1 unspecified atom stereocenters. The Hall–Kier alpha value is -0.960. The largest absolute Gasteiger partial charge is 0.339 e. The lowest BCUT2D eigenvalue weighted by Crippen LogP contribution is -2.35. The van der Waals surface area contributed by atoms with Crippen molar-refractivity contribution in [2.45, 2.75) is 54.7 Å². The number of halogens is 1. The Kier molecular flexibility index (Phi) is 4.40. The summed E-state index contributed by atoms with van der Waals surface area (Å²) in [6.45, 7) is 0.558. The molecule has 1 aliphatic heterocycles. The van der Waals surface area contributed by atoms with Gasteiger partial charge in [-0.2, -0.15) is 9.29 Å². The smallest absolute Gasteiger partial charge is 0.252 e. The molecule has 130 valence electrons. The Labute approximate surface area is 149 Å². The number of thiophene rings is 1. The van der Waals surface area contributed by atoms with Gasteiger partial charge in [0.15, 0.2) is 5.82 Å². The molecule has 1 saturated heterocycles. The van der Waals surface area contributed by atoms with Gasteiger partial charge in [0.05, 0.1) is 4.34 Å². The van der Waals surface area contributed by atoms with Crippen LogP contribution in [0.1, 0.15) is 49.7 Å². The van der Waals surface area contributed by atoms with Gasteiger partial charge in [0.2, 0.25) is 5.89 Å². The van der Waals surface area contributed by atoms with Crippen LogP contribution in [0, 0.1) is 0 Å². The number of aryl methyl sites for hydroxylation is 1. The quantitative estimate of drug-likeness (QED) is 0.758. The fourth-order valence-corrected chi connectivity index (χ4v) is 6.46. The Bertz CT molecular complexity index is 829. The Morgan fingerprint density at radius 3 is 2.88 bits per heavy atom. The van der Waals surface area contributed by atoms with E-state index in [1.165, 1.54) is 0 Å². The normalized spacial score (nSPS) is 22.3. The van der Waals surface area contributed by atoms with Gasteiger partial charge in [-0.05, 0) is 44.2 Å². The lowest BCUT2D eigenvalue weighted by Gasteiger charge is -2.22.